The molecule has 0 atom stereocenters. The van der Waals surface area contributed by atoms with Crippen molar-refractivity contribution in [3.8, 4) is 17.5 Å². The fraction of sp³-hybridized carbons (Fsp3) is 0.138. The van der Waals surface area contributed by atoms with Gasteiger partial charge in [0.25, 0.3) is 11.5 Å². The van der Waals surface area contributed by atoms with Gasteiger partial charge < -0.3 is 11.5 Å². The SMILES string of the molecule is CCc1nc2cccc(C#CCNS(C)(=O)=O)c2c(=O)n1-c1ccccc1.NC(=O)c1c(N)ncc2cccnc12. The van der Waals surface area contributed by atoms with E-state index in [-0.39, 0.29) is 23.5 Å². The Hall–Kier alpha value is -5.12. The maximum atomic E-state index is 13.3. The van der Waals surface area contributed by atoms with Crippen molar-refractivity contribution in [2.24, 2.45) is 5.73 Å². The van der Waals surface area contributed by atoms with Crippen LogP contribution in [0.3, 0.4) is 0 Å². The van der Waals surface area contributed by atoms with Gasteiger partial charge in [-0.2, -0.15) is 0 Å². The molecule has 3 aromatic heterocycles. The molecule has 41 heavy (non-hydrogen) atoms. The van der Waals surface area contributed by atoms with Crippen molar-refractivity contribution in [3.63, 3.8) is 0 Å². The number of fused-ring (bicyclic) bond motifs is 2. The number of rotatable bonds is 5. The Kier molecular flexibility index (Phi) is 8.72. The summed E-state index contributed by atoms with van der Waals surface area (Å²) in [6, 6.07) is 18.2. The lowest BCUT2D eigenvalue weighted by Gasteiger charge is -2.13. The Bertz CT molecular complexity index is 1980. The summed E-state index contributed by atoms with van der Waals surface area (Å²) < 4.78 is 26.2. The lowest BCUT2D eigenvalue weighted by Crippen LogP contribution is -2.24. The van der Waals surface area contributed by atoms with Crippen LogP contribution in [0.2, 0.25) is 0 Å². The van der Waals surface area contributed by atoms with Gasteiger partial charge in [-0.3, -0.25) is 19.1 Å². The highest BCUT2D eigenvalue weighted by molar-refractivity contribution is 7.88. The van der Waals surface area contributed by atoms with Gasteiger partial charge in [-0.1, -0.05) is 43.0 Å². The van der Waals surface area contributed by atoms with E-state index in [1.54, 1.807) is 47.3 Å². The molecule has 2 aromatic carbocycles. The number of carbonyl (C=O) groups is 1. The molecule has 3 heterocycles. The zero-order valence-corrected chi connectivity index (χ0v) is 23.1. The number of nitrogens with zero attached hydrogens (tertiary/aromatic N) is 4. The molecule has 0 saturated carbocycles. The number of amides is 1. The molecular formula is C29H27N7O4S. The van der Waals surface area contributed by atoms with Crippen LogP contribution >= 0.6 is 0 Å². The van der Waals surface area contributed by atoms with Crippen LogP contribution in [0.5, 0.6) is 0 Å². The summed E-state index contributed by atoms with van der Waals surface area (Å²) in [6.07, 6.45) is 4.81. The first-order valence-electron chi connectivity index (χ1n) is 12.4. The van der Waals surface area contributed by atoms with Gasteiger partial charge in [-0.15, -0.1) is 0 Å². The molecule has 0 spiro atoms. The molecular weight excluding hydrogens is 542 g/mol. The molecule has 0 radical (unpaired) electrons. The molecule has 0 saturated heterocycles. The van der Waals surface area contributed by atoms with Crippen LogP contribution in [0.1, 0.15) is 28.7 Å². The second-order valence-electron chi connectivity index (χ2n) is 8.78. The van der Waals surface area contributed by atoms with E-state index in [0.29, 0.717) is 34.2 Å². The van der Waals surface area contributed by atoms with Crippen LogP contribution in [0.4, 0.5) is 5.82 Å². The smallest absolute Gasteiger partial charge is 0.267 e. The van der Waals surface area contributed by atoms with Crippen molar-refractivity contribution in [1.82, 2.24) is 24.2 Å². The van der Waals surface area contributed by atoms with Crippen LogP contribution < -0.4 is 21.7 Å². The number of hydrogen-bond donors (Lipinski definition) is 3. The number of hydrogen-bond acceptors (Lipinski definition) is 8. The molecule has 0 unspecified atom stereocenters. The van der Waals surface area contributed by atoms with Crippen LogP contribution in [-0.2, 0) is 16.4 Å². The maximum absolute atomic E-state index is 13.3. The quantitative estimate of drug-likeness (QED) is 0.270. The highest BCUT2D eigenvalue weighted by atomic mass is 32.2. The molecule has 11 nitrogen and oxygen atoms in total. The molecule has 0 aliphatic heterocycles. The highest BCUT2D eigenvalue weighted by Gasteiger charge is 2.14. The first-order chi connectivity index (χ1) is 19.6. The lowest BCUT2D eigenvalue weighted by atomic mass is 10.1. The Balaban J connectivity index is 0.000000231. The number of nitrogens with one attached hydrogen (secondary N) is 1. The number of benzene rings is 2. The minimum absolute atomic E-state index is 0.0252. The number of nitrogens with two attached hydrogens (primary N) is 2. The van der Waals surface area contributed by atoms with E-state index in [2.05, 4.69) is 31.5 Å². The topological polar surface area (TPSA) is 176 Å². The Labute approximate surface area is 236 Å². The Morgan fingerprint density at radius 1 is 1.05 bits per heavy atom. The first-order valence-corrected chi connectivity index (χ1v) is 14.3. The van der Waals surface area contributed by atoms with E-state index in [0.717, 1.165) is 17.3 Å². The number of primary amides is 1. The molecule has 0 bridgehead atoms. The van der Waals surface area contributed by atoms with E-state index >= 15 is 0 Å². The molecule has 208 valence electrons. The van der Waals surface area contributed by atoms with Crippen LogP contribution in [0.15, 0.2) is 77.9 Å². The van der Waals surface area contributed by atoms with Crippen LogP contribution in [0, 0.1) is 11.8 Å². The van der Waals surface area contributed by atoms with Gasteiger partial charge in [0, 0.05) is 29.8 Å². The minimum Gasteiger partial charge on any atom is -0.383 e. The Morgan fingerprint density at radius 2 is 1.80 bits per heavy atom. The van der Waals surface area contributed by atoms with Gasteiger partial charge in [0.05, 0.1) is 34.9 Å². The highest BCUT2D eigenvalue weighted by Crippen LogP contribution is 2.19. The number of aromatic nitrogens is 4. The molecule has 5 rings (SSSR count). The second kappa shape index (κ2) is 12.4. The average Bonchev–Trinajstić information content (AvgIpc) is 2.95. The first kappa shape index (κ1) is 28.9. The molecule has 1 amide bonds. The zero-order valence-electron chi connectivity index (χ0n) is 22.3. The average molecular weight is 570 g/mol. The van der Waals surface area contributed by atoms with Crippen molar-refractivity contribution in [2.45, 2.75) is 13.3 Å². The fourth-order valence-electron chi connectivity index (χ4n) is 4.07. The third-order valence-electron chi connectivity index (χ3n) is 5.86. The summed E-state index contributed by atoms with van der Waals surface area (Å²) >= 11 is 0. The molecule has 12 heteroatoms. The molecule has 0 aliphatic rings. The molecule has 0 fully saturated rings. The van der Waals surface area contributed by atoms with E-state index in [9.17, 15) is 18.0 Å². The van der Waals surface area contributed by atoms with E-state index in [1.807, 2.05) is 37.3 Å². The van der Waals surface area contributed by atoms with Gasteiger partial charge in [-0.25, -0.2) is 23.1 Å². The monoisotopic (exact) mass is 569 g/mol. The van der Waals surface area contributed by atoms with Gasteiger partial charge >= 0.3 is 0 Å². The summed E-state index contributed by atoms with van der Waals surface area (Å²) in [5.41, 5.74) is 13.0. The number of sulfonamides is 1. The predicted molar refractivity (Wildman–Crippen MR) is 159 cm³/mol. The van der Waals surface area contributed by atoms with Crippen LogP contribution in [-0.4, -0.2) is 46.6 Å². The minimum atomic E-state index is -3.31. The zero-order chi connectivity index (χ0) is 29.6. The van der Waals surface area contributed by atoms with Gasteiger partial charge in [0.2, 0.25) is 10.0 Å². The number of carbonyl (C=O) groups excluding carboxylic acids is 1. The van der Waals surface area contributed by atoms with Crippen molar-refractivity contribution < 1.29 is 13.2 Å². The van der Waals surface area contributed by atoms with E-state index < -0.39 is 15.9 Å². The summed E-state index contributed by atoms with van der Waals surface area (Å²) in [6.45, 7) is 1.93. The third kappa shape index (κ3) is 6.73. The standard InChI is InChI=1S/C20H19N3O3S.C9H8N4O/c1-3-18-22-17-13-7-9-15(10-8-14-21-27(2,25)26)19(17)20(24)23(18)16-11-5-4-6-12-16;10-8-6(9(11)14)7-5(4-13-8)2-1-3-12-7/h4-7,9,11-13,21H,3,14H2,1-2H3;1-4H,(H2,10,13)(H2,11,14). The fourth-order valence-corrected chi connectivity index (χ4v) is 4.40. The largest absolute Gasteiger partial charge is 0.383 e. The summed E-state index contributed by atoms with van der Waals surface area (Å²) in [7, 11) is -3.31. The summed E-state index contributed by atoms with van der Waals surface area (Å²) in [5.74, 6) is 5.81. The second-order valence-corrected chi connectivity index (χ2v) is 10.6. The molecule has 0 aliphatic carbocycles. The number of aryl methyl sites for hydroxylation is 1. The van der Waals surface area contributed by atoms with Crippen molar-refractivity contribution >= 4 is 43.6 Å². The van der Waals surface area contributed by atoms with Gasteiger partial charge in [-0.05, 0) is 36.4 Å². The van der Waals surface area contributed by atoms with Crippen molar-refractivity contribution in [2.75, 3.05) is 18.5 Å². The third-order valence-corrected chi connectivity index (χ3v) is 6.53. The molecule has 5 aromatic rings. The van der Waals surface area contributed by atoms with Crippen LogP contribution in [0.25, 0.3) is 27.5 Å². The van der Waals surface area contributed by atoms with Gasteiger partial charge in [0.1, 0.15) is 17.2 Å². The summed E-state index contributed by atoms with van der Waals surface area (Å²) in [4.78, 5) is 36.9. The number of para-hydroxylation sites is 1. The van der Waals surface area contributed by atoms with E-state index in [1.165, 1.54) is 0 Å². The number of pyridine rings is 2. The maximum Gasteiger partial charge on any atom is 0.267 e. The van der Waals surface area contributed by atoms with E-state index in [4.69, 9.17) is 11.5 Å². The van der Waals surface area contributed by atoms with Crippen molar-refractivity contribution in [3.05, 3.63) is 100 Å². The summed E-state index contributed by atoms with van der Waals surface area (Å²) in [5, 5.41) is 1.17. The van der Waals surface area contributed by atoms with Gasteiger partial charge in [0.15, 0.2) is 0 Å². The lowest BCUT2D eigenvalue weighted by molar-refractivity contribution is 0.100. The Morgan fingerprint density at radius 3 is 2.49 bits per heavy atom. The predicted octanol–water partition coefficient (Wildman–Crippen LogP) is 2.16. The normalized spacial score (nSPS) is 10.9. The molecule has 5 N–H and O–H groups in total. The van der Waals surface area contributed by atoms with Crippen molar-refractivity contribution in [1.29, 1.82) is 0 Å². The number of anilines is 1. The number of nitrogen functional groups attached to an aromatic ring is 1.